The highest BCUT2D eigenvalue weighted by atomic mass is 16.5. The van der Waals surface area contributed by atoms with Crippen LogP contribution >= 0.6 is 0 Å². The summed E-state index contributed by atoms with van der Waals surface area (Å²) in [5.74, 6) is 0.379. The Labute approximate surface area is 101 Å². The summed E-state index contributed by atoms with van der Waals surface area (Å²) in [6.07, 6.45) is 0. The Hall–Kier alpha value is -1.55. The Bertz CT molecular complexity index is 464. The molecule has 92 valence electrons. The lowest BCUT2D eigenvalue weighted by Crippen LogP contribution is -2.56. The van der Waals surface area contributed by atoms with Gasteiger partial charge in [0.1, 0.15) is 11.2 Å². The van der Waals surface area contributed by atoms with Crippen LogP contribution in [-0.2, 0) is 14.9 Å². The smallest absolute Gasteiger partial charge is 0.232 e. The maximum Gasteiger partial charge on any atom is 0.232 e. The molecule has 1 saturated heterocycles. The summed E-state index contributed by atoms with van der Waals surface area (Å²) in [4.78, 5) is 11.7. The minimum absolute atomic E-state index is 0.335. The van der Waals surface area contributed by atoms with Gasteiger partial charge in [-0.25, -0.2) is 0 Å². The van der Waals surface area contributed by atoms with E-state index in [1.165, 1.54) is 0 Å². The monoisotopic (exact) mass is 235 g/mol. The van der Waals surface area contributed by atoms with Crippen LogP contribution in [-0.4, -0.2) is 26.2 Å². The molecule has 1 heterocycles. The number of amides is 1. The van der Waals surface area contributed by atoms with Crippen LogP contribution in [0.3, 0.4) is 0 Å². The predicted octanol–water partition coefficient (Wildman–Crippen LogP) is 1.07. The van der Waals surface area contributed by atoms with E-state index < -0.39 is 5.41 Å². The molecule has 17 heavy (non-hydrogen) atoms. The van der Waals surface area contributed by atoms with Gasteiger partial charge in [-0.05, 0) is 19.4 Å². The molecule has 4 heteroatoms. The van der Waals surface area contributed by atoms with Crippen molar-refractivity contribution in [3.05, 3.63) is 28.8 Å². The van der Waals surface area contributed by atoms with Crippen LogP contribution in [0.1, 0.15) is 16.7 Å². The van der Waals surface area contributed by atoms with Gasteiger partial charge >= 0.3 is 0 Å². The first-order chi connectivity index (χ1) is 8.01. The average Bonchev–Trinajstić information content (AvgIpc) is 2.14. The summed E-state index contributed by atoms with van der Waals surface area (Å²) in [7, 11) is 1.61. The third-order valence-corrected chi connectivity index (χ3v) is 3.31. The lowest BCUT2D eigenvalue weighted by atomic mass is 9.76. The van der Waals surface area contributed by atoms with E-state index in [0.717, 1.165) is 22.4 Å². The molecule has 1 aliphatic rings. The normalized spacial score (nSPS) is 17.4. The molecule has 0 unspecified atom stereocenters. The number of hydrogen-bond donors (Lipinski definition) is 1. The van der Waals surface area contributed by atoms with E-state index >= 15 is 0 Å². The number of carbonyl (C=O) groups excluding carboxylic acids is 1. The Kier molecular flexibility index (Phi) is 2.83. The highest BCUT2D eigenvalue weighted by molar-refractivity contribution is 5.89. The number of hydrogen-bond acceptors (Lipinski definition) is 3. The molecule has 2 N–H and O–H groups in total. The fourth-order valence-corrected chi connectivity index (χ4v) is 2.32. The van der Waals surface area contributed by atoms with E-state index in [9.17, 15) is 4.79 Å². The van der Waals surface area contributed by atoms with Gasteiger partial charge in [0.05, 0.1) is 20.3 Å². The third kappa shape index (κ3) is 1.69. The molecule has 1 fully saturated rings. The molecular formula is C13H17NO3. The zero-order valence-corrected chi connectivity index (χ0v) is 10.4. The van der Waals surface area contributed by atoms with Gasteiger partial charge in [-0.2, -0.15) is 0 Å². The summed E-state index contributed by atoms with van der Waals surface area (Å²) in [5.41, 5.74) is 7.74. The van der Waals surface area contributed by atoms with E-state index in [-0.39, 0.29) is 5.91 Å². The molecule has 1 aromatic carbocycles. The van der Waals surface area contributed by atoms with Crippen molar-refractivity contribution in [1.29, 1.82) is 0 Å². The fraction of sp³-hybridized carbons (Fsp3) is 0.462. The van der Waals surface area contributed by atoms with Crippen molar-refractivity contribution in [2.24, 2.45) is 5.73 Å². The van der Waals surface area contributed by atoms with Crippen molar-refractivity contribution in [2.45, 2.75) is 19.3 Å². The highest BCUT2D eigenvalue weighted by Crippen LogP contribution is 2.40. The van der Waals surface area contributed by atoms with Crippen molar-refractivity contribution in [1.82, 2.24) is 0 Å². The molecule has 0 aromatic heterocycles. The minimum Gasteiger partial charge on any atom is -0.496 e. The summed E-state index contributed by atoms with van der Waals surface area (Å²) >= 11 is 0. The molecule has 0 spiro atoms. The Balaban J connectivity index is 2.61. The number of carbonyl (C=O) groups is 1. The molecule has 1 amide bonds. The number of methoxy groups -OCH3 is 1. The molecule has 0 bridgehead atoms. The maximum absolute atomic E-state index is 11.7. The van der Waals surface area contributed by atoms with Gasteiger partial charge < -0.3 is 15.2 Å². The van der Waals surface area contributed by atoms with Gasteiger partial charge in [-0.1, -0.05) is 17.7 Å². The van der Waals surface area contributed by atoms with Gasteiger partial charge in [0, 0.05) is 5.56 Å². The largest absolute Gasteiger partial charge is 0.496 e. The van der Waals surface area contributed by atoms with Crippen LogP contribution in [0.4, 0.5) is 0 Å². The fourth-order valence-electron chi connectivity index (χ4n) is 2.32. The number of ether oxygens (including phenoxy) is 2. The number of aryl methyl sites for hydroxylation is 2. The Morgan fingerprint density at radius 2 is 2.06 bits per heavy atom. The first-order valence-electron chi connectivity index (χ1n) is 5.54. The van der Waals surface area contributed by atoms with Crippen molar-refractivity contribution < 1.29 is 14.3 Å². The zero-order valence-electron chi connectivity index (χ0n) is 10.4. The van der Waals surface area contributed by atoms with E-state index in [4.69, 9.17) is 15.2 Å². The number of primary amides is 1. The third-order valence-electron chi connectivity index (χ3n) is 3.31. The van der Waals surface area contributed by atoms with Crippen LogP contribution in [0.15, 0.2) is 12.1 Å². The predicted molar refractivity (Wildman–Crippen MR) is 64.2 cm³/mol. The quantitative estimate of drug-likeness (QED) is 0.852. The second kappa shape index (κ2) is 4.04. The lowest BCUT2D eigenvalue weighted by molar-refractivity contribution is -0.141. The van der Waals surface area contributed by atoms with Crippen molar-refractivity contribution in [3.63, 3.8) is 0 Å². The van der Waals surface area contributed by atoms with Gasteiger partial charge in [0.2, 0.25) is 5.91 Å². The van der Waals surface area contributed by atoms with Crippen LogP contribution in [0.2, 0.25) is 0 Å². The summed E-state index contributed by atoms with van der Waals surface area (Å²) in [5, 5.41) is 0. The van der Waals surface area contributed by atoms with Crippen LogP contribution in [0, 0.1) is 13.8 Å². The molecule has 2 rings (SSSR count). The first-order valence-corrected chi connectivity index (χ1v) is 5.54. The van der Waals surface area contributed by atoms with Gasteiger partial charge in [0.15, 0.2) is 0 Å². The molecule has 1 aromatic rings. The van der Waals surface area contributed by atoms with E-state index in [2.05, 4.69) is 0 Å². The summed E-state index contributed by atoms with van der Waals surface area (Å²) in [6.45, 7) is 4.62. The topological polar surface area (TPSA) is 61.5 Å². The molecule has 4 nitrogen and oxygen atoms in total. The SMILES string of the molecule is COc1c(C)cc(C)cc1C1(C(N)=O)COC1. The molecule has 0 saturated carbocycles. The standard InChI is InChI=1S/C13H17NO3/c1-8-4-9(2)11(16-3)10(5-8)13(12(14)15)6-17-7-13/h4-5H,6-7H2,1-3H3,(H2,14,15). The van der Waals surface area contributed by atoms with Gasteiger partial charge in [-0.15, -0.1) is 0 Å². The zero-order chi connectivity index (χ0) is 12.6. The first kappa shape index (κ1) is 11.9. The summed E-state index contributed by atoms with van der Waals surface area (Å²) in [6, 6.07) is 3.98. The van der Waals surface area contributed by atoms with E-state index in [1.807, 2.05) is 26.0 Å². The highest BCUT2D eigenvalue weighted by Gasteiger charge is 2.48. The van der Waals surface area contributed by atoms with E-state index in [0.29, 0.717) is 13.2 Å². The molecule has 0 radical (unpaired) electrons. The Morgan fingerprint density at radius 1 is 1.41 bits per heavy atom. The molecule has 1 aliphatic heterocycles. The van der Waals surface area contributed by atoms with E-state index in [1.54, 1.807) is 7.11 Å². The average molecular weight is 235 g/mol. The number of nitrogens with two attached hydrogens (primary N) is 1. The van der Waals surface area contributed by atoms with Crippen molar-refractivity contribution in [3.8, 4) is 5.75 Å². The lowest BCUT2D eigenvalue weighted by Gasteiger charge is -2.40. The van der Waals surface area contributed by atoms with Crippen LogP contribution in [0.5, 0.6) is 5.75 Å². The van der Waals surface area contributed by atoms with Gasteiger partial charge in [0.25, 0.3) is 0 Å². The maximum atomic E-state index is 11.7. The van der Waals surface area contributed by atoms with Crippen molar-refractivity contribution in [2.75, 3.05) is 20.3 Å². The molecule has 0 aliphatic carbocycles. The number of benzene rings is 1. The second-order valence-corrected chi connectivity index (χ2v) is 4.60. The second-order valence-electron chi connectivity index (χ2n) is 4.60. The molecule has 0 atom stereocenters. The van der Waals surface area contributed by atoms with Crippen molar-refractivity contribution >= 4 is 5.91 Å². The minimum atomic E-state index is -0.720. The Morgan fingerprint density at radius 3 is 2.47 bits per heavy atom. The van der Waals surface area contributed by atoms with Gasteiger partial charge in [-0.3, -0.25) is 4.79 Å². The summed E-state index contributed by atoms with van der Waals surface area (Å²) < 4.78 is 10.6. The number of rotatable bonds is 3. The molecular weight excluding hydrogens is 218 g/mol. The van der Waals surface area contributed by atoms with Crippen LogP contribution < -0.4 is 10.5 Å². The van der Waals surface area contributed by atoms with Crippen LogP contribution in [0.25, 0.3) is 0 Å².